The third-order valence-corrected chi connectivity index (χ3v) is 5.20. The Morgan fingerprint density at radius 3 is 3.17 bits per heavy atom. The third kappa shape index (κ3) is 2.72. The smallest absolute Gasteiger partial charge is 0.151 e. The van der Waals surface area contributed by atoms with Crippen LogP contribution in [0.2, 0.25) is 0 Å². The molecule has 4 heterocycles. The molecular formula is C16H18N6S. The lowest BCUT2D eigenvalue weighted by molar-refractivity contribution is 0.644. The molecule has 0 spiro atoms. The molecule has 0 saturated carbocycles. The monoisotopic (exact) mass is 326 g/mol. The molecule has 0 unspecified atom stereocenters. The maximum atomic E-state index is 4.50. The second kappa shape index (κ2) is 6.08. The van der Waals surface area contributed by atoms with E-state index in [9.17, 15) is 0 Å². The summed E-state index contributed by atoms with van der Waals surface area (Å²) in [5, 5.41) is 10.3. The van der Waals surface area contributed by atoms with E-state index in [2.05, 4.69) is 42.4 Å². The molecular weight excluding hydrogens is 308 g/mol. The molecule has 0 amide bonds. The molecule has 118 valence electrons. The summed E-state index contributed by atoms with van der Waals surface area (Å²) in [6, 6.07) is 6.45. The first-order chi connectivity index (χ1) is 11.3. The van der Waals surface area contributed by atoms with Crippen molar-refractivity contribution >= 4 is 33.2 Å². The Kier molecular flexibility index (Phi) is 3.78. The first-order valence-corrected chi connectivity index (χ1v) is 8.64. The second-order valence-electron chi connectivity index (χ2n) is 5.78. The third-order valence-electron chi connectivity index (χ3n) is 4.30. The zero-order valence-corrected chi connectivity index (χ0v) is 13.8. The molecule has 0 radical (unpaired) electrons. The summed E-state index contributed by atoms with van der Waals surface area (Å²) in [6.45, 7) is 1.95. The van der Waals surface area contributed by atoms with Crippen molar-refractivity contribution in [1.29, 1.82) is 0 Å². The van der Waals surface area contributed by atoms with Gasteiger partial charge in [0.1, 0.15) is 12.1 Å². The molecule has 6 nitrogen and oxygen atoms in total. The predicted molar refractivity (Wildman–Crippen MR) is 93.1 cm³/mol. The van der Waals surface area contributed by atoms with Crippen molar-refractivity contribution in [2.24, 2.45) is 0 Å². The number of rotatable bonds is 4. The van der Waals surface area contributed by atoms with E-state index in [4.69, 9.17) is 0 Å². The lowest BCUT2D eigenvalue weighted by Crippen LogP contribution is -2.39. The minimum absolute atomic E-state index is 0.432. The van der Waals surface area contributed by atoms with Gasteiger partial charge in [0.15, 0.2) is 5.82 Å². The Morgan fingerprint density at radius 2 is 2.30 bits per heavy atom. The maximum absolute atomic E-state index is 4.50. The molecule has 7 heteroatoms. The van der Waals surface area contributed by atoms with Crippen LogP contribution in [0, 0.1) is 0 Å². The first-order valence-electron chi connectivity index (χ1n) is 7.76. The van der Waals surface area contributed by atoms with Crippen molar-refractivity contribution in [3.63, 3.8) is 0 Å². The minimum atomic E-state index is 0.432. The predicted octanol–water partition coefficient (Wildman–Crippen LogP) is 2.59. The van der Waals surface area contributed by atoms with Crippen molar-refractivity contribution in [3.8, 4) is 0 Å². The van der Waals surface area contributed by atoms with E-state index in [0.717, 1.165) is 34.9 Å². The topological polar surface area (TPSA) is 58.0 Å². The summed E-state index contributed by atoms with van der Waals surface area (Å²) in [7, 11) is 2.11. The summed E-state index contributed by atoms with van der Waals surface area (Å²) in [4.78, 5) is 13.4. The first kappa shape index (κ1) is 14.3. The standard InChI is InChI=1S/C16H18N6S/c1-21(16-15-13(6-9-23-15)17-11-18-16)10-12-4-3-8-22(12)14-5-2-7-19-20-14/h2,5-7,9,11-12H,3-4,8,10H2,1H3/t12-/m1/s1. The zero-order chi connectivity index (χ0) is 15.6. The highest BCUT2D eigenvalue weighted by Crippen LogP contribution is 2.29. The largest absolute Gasteiger partial charge is 0.356 e. The van der Waals surface area contributed by atoms with Gasteiger partial charge in [-0.25, -0.2) is 9.97 Å². The summed E-state index contributed by atoms with van der Waals surface area (Å²) in [6.07, 6.45) is 5.72. The molecule has 3 aromatic heterocycles. The number of thiophene rings is 1. The molecule has 1 saturated heterocycles. The molecule has 23 heavy (non-hydrogen) atoms. The fraction of sp³-hybridized carbons (Fsp3) is 0.375. The fourth-order valence-electron chi connectivity index (χ4n) is 3.22. The Balaban J connectivity index is 1.56. The van der Waals surface area contributed by atoms with Crippen molar-refractivity contribution in [2.75, 3.05) is 29.9 Å². The van der Waals surface area contributed by atoms with Gasteiger partial charge in [-0.15, -0.1) is 16.4 Å². The van der Waals surface area contributed by atoms with Crippen LogP contribution in [0.3, 0.4) is 0 Å². The summed E-state index contributed by atoms with van der Waals surface area (Å²) >= 11 is 1.69. The summed E-state index contributed by atoms with van der Waals surface area (Å²) in [5.41, 5.74) is 1.02. The van der Waals surface area contributed by atoms with Crippen LogP contribution in [0.15, 0.2) is 36.1 Å². The van der Waals surface area contributed by atoms with E-state index in [1.54, 1.807) is 23.9 Å². The van der Waals surface area contributed by atoms with Crippen LogP contribution in [0.5, 0.6) is 0 Å². The Bertz CT molecular complexity index is 789. The molecule has 1 atom stereocenters. The van der Waals surface area contributed by atoms with Gasteiger partial charge in [0.2, 0.25) is 0 Å². The molecule has 1 aliphatic rings. The lowest BCUT2D eigenvalue weighted by atomic mass is 10.2. The van der Waals surface area contributed by atoms with Gasteiger partial charge in [-0.1, -0.05) is 0 Å². The number of nitrogens with zero attached hydrogens (tertiary/aromatic N) is 6. The molecule has 0 bridgehead atoms. The van der Waals surface area contributed by atoms with Gasteiger partial charge >= 0.3 is 0 Å². The summed E-state index contributed by atoms with van der Waals surface area (Å²) in [5.74, 6) is 1.98. The van der Waals surface area contributed by atoms with Crippen LogP contribution in [0.25, 0.3) is 10.2 Å². The molecule has 3 aromatic rings. The number of aromatic nitrogens is 4. The van der Waals surface area contributed by atoms with Crippen molar-refractivity contribution in [3.05, 3.63) is 36.1 Å². The Hall–Kier alpha value is -2.28. The molecule has 1 fully saturated rings. The van der Waals surface area contributed by atoms with E-state index in [1.165, 1.54) is 12.8 Å². The highest BCUT2D eigenvalue weighted by atomic mass is 32.1. The van der Waals surface area contributed by atoms with Crippen LogP contribution in [0.4, 0.5) is 11.6 Å². The Morgan fingerprint density at radius 1 is 1.35 bits per heavy atom. The average Bonchev–Trinajstić information content (AvgIpc) is 3.24. The molecule has 0 aliphatic carbocycles. The maximum Gasteiger partial charge on any atom is 0.151 e. The SMILES string of the molecule is CN(C[C@H]1CCCN1c1cccnn1)c1ncnc2ccsc12. The molecule has 4 rings (SSSR count). The van der Waals surface area contributed by atoms with Crippen molar-refractivity contribution in [1.82, 2.24) is 20.2 Å². The number of anilines is 2. The zero-order valence-electron chi connectivity index (χ0n) is 13.0. The van der Waals surface area contributed by atoms with Gasteiger partial charge in [-0.05, 0) is 36.4 Å². The van der Waals surface area contributed by atoms with E-state index in [-0.39, 0.29) is 0 Å². The van der Waals surface area contributed by atoms with Crippen LogP contribution >= 0.6 is 11.3 Å². The van der Waals surface area contributed by atoms with Crippen LogP contribution in [0.1, 0.15) is 12.8 Å². The molecule has 0 N–H and O–H groups in total. The fourth-order valence-corrected chi connectivity index (χ4v) is 4.11. The Labute approximate surface area is 138 Å². The van der Waals surface area contributed by atoms with Gasteiger partial charge in [0, 0.05) is 32.4 Å². The van der Waals surface area contributed by atoms with E-state index >= 15 is 0 Å². The van der Waals surface area contributed by atoms with E-state index in [1.807, 2.05) is 18.2 Å². The van der Waals surface area contributed by atoms with Crippen LogP contribution in [-0.2, 0) is 0 Å². The average molecular weight is 326 g/mol. The second-order valence-corrected chi connectivity index (χ2v) is 6.70. The van der Waals surface area contributed by atoms with Crippen LogP contribution in [-0.4, -0.2) is 46.3 Å². The van der Waals surface area contributed by atoms with Gasteiger partial charge in [0.25, 0.3) is 0 Å². The minimum Gasteiger partial charge on any atom is -0.356 e. The molecule has 0 aromatic carbocycles. The summed E-state index contributed by atoms with van der Waals surface area (Å²) < 4.78 is 1.15. The number of hydrogen-bond acceptors (Lipinski definition) is 7. The van der Waals surface area contributed by atoms with E-state index in [0.29, 0.717) is 6.04 Å². The molecule has 1 aliphatic heterocycles. The van der Waals surface area contributed by atoms with Gasteiger partial charge < -0.3 is 9.80 Å². The van der Waals surface area contributed by atoms with Gasteiger partial charge in [-0.3, -0.25) is 0 Å². The highest BCUT2D eigenvalue weighted by Gasteiger charge is 2.27. The normalized spacial score (nSPS) is 17.8. The van der Waals surface area contributed by atoms with E-state index < -0.39 is 0 Å². The van der Waals surface area contributed by atoms with Gasteiger partial charge in [0.05, 0.1) is 10.2 Å². The quantitative estimate of drug-likeness (QED) is 0.734. The van der Waals surface area contributed by atoms with Crippen molar-refractivity contribution < 1.29 is 0 Å². The number of hydrogen-bond donors (Lipinski definition) is 0. The van der Waals surface area contributed by atoms with Crippen molar-refractivity contribution in [2.45, 2.75) is 18.9 Å². The lowest BCUT2D eigenvalue weighted by Gasteiger charge is -2.29. The number of likely N-dealkylation sites (N-methyl/N-ethyl adjacent to an activating group) is 1. The highest BCUT2D eigenvalue weighted by molar-refractivity contribution is 7.17. The number of fused-ring (bicyclic) bond motifs is 1. The van der Waals surface area contributed by atoms with Crippen LogP contribution < -0.4 is 9.80 Å². The van der Waals surface area contributed by atoms with Gasteiger partial charge in [-0.2, -0.15) is 5.10 Å².